The molecule has 318 valence electrons. The summed E-state index contributed by atoms with van der Waals surface area (Å²) >= 11 is 0. The third-order valence-corrected chi connectivity index (χ3v) is 10.8. The summed E-state index contributed by atoms with van der Waals surface area (Å²) in [7, 11) is 4.21. The molecule has 0 bridgehead atoms. The molecule has 55 heavy (non-hydrogen) atoms. The Morgan fingerprint density at radius 3 is 1.73 bits per heavy atom. The number of likely N-dealkylation sites (N-methyl/N-ethyl adjacent to an activating group) is 1. The maximum absolute atomic E-state index is 12.4. The molecule has 4 unspecified atom stereocenters. The number of carbonyl (C=O) groups is 2. The van der Waals surface area contributed by atoms with E-state index in [4.69, 9.17) is 18.9 Å². The molecule has 0 aromatic carbocycles. The molecule has 0 N–H and O–H groups in total. The van der Waals surface area contributed by atoms with Crippen molar-refractivity contribution in [2.45, 2.75) is 212 Å². The second kappa shape index (κ2) is 35.1. The van der Waals surface area contributed by atoms with Crippen LogP contribution in [0.2, 0.25) is 0 Å². The molecule has 1 aliphatic heterocycles. The van der Waals surface area contributed by atoms with Gasteiger partial charge in [0.05, 0.1) is 32.3 Å². The summed E-state index contributed by atoms with van der Waals surface area (Å²) in [5, 5.41) is 0. The molecule has 7 nitrogen and oxygen atoms in total. The lowest BCUT2D eigenvalue weighted by molar-refractivity contribution is -0.180. The van der Waals surface area contributed by atoms with Crippen LogP contribution >= 0.6 is 0 Å². The van der Waals surface area contributed by atoms with E-state index in [1.54, 1.807) is 0 Å². The first-order valence-electron chi connectivity index (χ1n) is 22.9. The Bertz CT molecular complexity index is 1070. The summed E-state index contributed by atoms with van der Waals surface area (Å²) in [4.78, 5) is 26.7. The second-order valence-electron chi connectivity index (χ2n) is 16.7. The molecule has 0 saturated carbocycles. The standard InChI is InChI=1S/C48H85NO6/c1-7-10-25-32-43(4)39-46(50)52-37-30-23-19-15-13-17-21-28-35-48(54-42-45(55-48)41-49(5)6)36-29-22-18-14-16-20-24-31-38-53-47(51)40-44(33-26-11-8-2)34-27-12-9-3/h33,43-45H,2,7,9-10,12-25,27-32,34-42H2,1,3-6H3. The van der Waals surface area contributed by atoms with Gasteiger partial charge in [0.25, 0.3) is 0 Å². The number of hydrogen-bond acceptors (Lipinski definition) is 7. The lowest BCUT2D eigenvalue weighted by Crippen LogP contribution is -2.33. The third-order valence-electron chi connectivity index (χ3n) is 10.8. The van der Waals surface area contributed by atoms with E-state index in [0.717, 1.165) is 83.6 Å². The Kier molecular flexibility index (Phi) is 32.5. The number of nitrogens with zero attached hydrogens (tertiary/aromatic N) is 1. The Hall–Kier alpha value is -2.10. The van der Waals surface area contributed by atoms with Crippen molar-refractivity contribution in [2.24, 2.45) is 11.8 Å². The predicted molar refractivity (Wildman–Crippen MR) is 228 cm³/mol. The summed E-state index contributed by atoms with van der Waals surface area (Å²) in [6, 6.07) is 0. The number of allylic oxidation sites excluding steroid dienone is 1. The van der Waals surface area contributed by atoms with E-state index in [1.807, 2.05) is 6.08 Å². The highest BCUT2D eigenvalue weighted by Gasteiger charge is 2.40. The van der Waals surface area contributed by atoms with Gasteiger partial charge >= 0.3 is 11.9 Å². The molecule has 1 saturated heterocycles. The van der Waals surface area contributed by atoms with E-state index < -0.39 is 5.79 Å². The van der Waals surface area contributed by atoms with Crippen LogP contribution in [0.3, 0.4) is 0 Å². The van der Waals surface area contributed by atoms with E-state index in [0.29, 0.717) is 38.6 Å². The molecular weight excluding hydrogens is 687 g/mol. The van der Waals surface area contributed by atoms with Gasteiger partial charge in [0.2, 0.25) is 0 Å². The molecule has 0 aromatic rings. The van der Waals surface area contributed by atoms with Gasteiger partial charge < -0.3 is 23.8 Å². The molecule has 1 heterocycles. The summed E-state index contributed by atoms with van der Waals surface area (Å²) in [6.45, 7) is 12.8. The predicted octanol–water partition coefficient (Wildman–Crippen LogP) is 12.6. The molecule has 1 aliphatic rings. The van der Waals surface area contributed by atoms with Crippen LogP contribution in [-0.4, -0.2) is 69.2 Å². The number of carbonyl (C=O) groups excluding carboxylic acids is 2. The van der Waals surface area contributed by atoms with Crippen LogP contribution in [-0.2, 0) is 28.5 Å². The van der Waals surface area contributed by atoms with Crippen LogP contribution in [0.15, 0.2) is 29.8 Å². The number of rotatable bonds is 37. The van der Waals surface area contributed by atoms with Gasteiger partial charge in [0, 0.05) is 25.8 Å². The monoisotopic (exact) mass is 772 g/mol. The van der Waals surface area contributed by atoms with Gasteiger partial charge in [-0.3, -0.25) is 9.59 Å². The minimum atomic E-state index is -0.409. The van der Waals surface area contributed by atoms with Crippen LogP contribution in [0.4, 0.5) is 0 Å². The number of esters is 2. The summed E-state index contributed by atoms with van der Waals surface area (Å²) in [5.74, 6) is 0.0338. The molecule has 0 aliphatic carbocycles. The van der Waals surface area contributed by atoms with Crippen molar-refractivity contribution >= 4 is 11.9 Å². The lowest BCUT2D eigenvalue weighted by atomic mass is 9.98. The SMILES string of the molecule is C=C=C=C=CC(CCCCC)CC(=O)OCCCCCCCCCCC1(CCCCCCCCCCOC(=O)CC(C)CCCCC)OCC(CN(C)C)O1. The molecule has 7 heteroatoms. The fraction of sp³-hybridized carbons (Fsp3) is 0.854. The van der Waals surface area contributed by atoms with Crippen molar-refractivity contribution < 1.29 is 28.5 Å². The number of ether oxygens (including phenoxy) is 4. The topological polar surface area (TPSA) is 74.3 Å². The zero-order valence-electron chi connectivity index (χ0n) is 36.5. The highest BCUT2D eigenvalue weighted by atomic mass is 16.7. The average Bonchev–Trinajstić information content (AvgIpc) is 3.54. The van der Waals surface area contributed by atoms with Crippen molar-refractivity contribution in [1.29, 1.82) is 0 Å². The van der Waals surface area contributed by atoms with Gasteiger partial charge in [-0.25, -0.2) is 0 Å². The van der Waals surface area contributed by atoms with Gasteiger partial charge in [0.1, 0.15) is 0 Å². The molecule has 1 rings (SSSR count). The van der Waals surface area contributed by atoms with E-state index in [2.05, 4.69) is 63.5 Å². The molecule has 0 spiro atoms. The molecule has 0 radical (unpaired) electrons. The van der Waals surface area contributed by atoms with Gasteiger partial charge in [-0.2, -0.15) is 0 Å². The van der Waals surface area contributed by atoms with Crippen LogP contribution in [0.1, 0.15) is 201 Å². The highest BCUT2D eigenvalue weighted by Crippen LogP contribution is 2.35. The van der Waals surface area contributed by atoms with E-state index >= 15 is 0 Å². The van der Waals surface area contributed by atoms with E-state index in [1.165, 1.54) is 89.9 Å². The quantitative estimate of drug-likeness (QED) is 0.0354. The van der Waals surface area contributed by atoms with Crippen molar-refractivity contribution in [2.75, 3.05) is 40.5 Å². The number of unbranched alkanes of at least 4 members (excludes halogenated alkanes) is 18. The summed E-state index contributed by atoms with van der Waals surface area (Å²) in [5.41, 5.74) is 8.27. The van der Waals surface area contributed by atoms with Crippen LogP contribution in [0.25, 0.3) is 0 Å². The Labute approximate surface area is 339 Å². The van der Waals surface area contributed by atoms with E-state index in [-0.39, 0.29) is 24.0 Å². The average molecular weight is 772 g/mol. The van der Waals surface area contributed by atoms with Crippen LogP contribution < -0.4 is 0 Å². The molecular formula is C48H85NO6. The fourth-order valence-corrected chi connectivity index (χ4v) is 7.56. The normalized spacial score (nSPS) is 17.7. The second-order valence-corrected chi connectivity index (χ2v) is 16.7. The molecule has 0 aromatic heterocycles. The minimum absolute atomic E-state index is 0.0205. The van der Waals surface area contributed by atoms with Crippen molar-refractivity contribution in [3.8, 4) is 0 Å². The van der Waals surface area contributed by atoms with E-state index in [9.17, 15) is 9.59 Å². The molecule has 0 amide bonds. The van der Waals surface area contributed by atoms with Gasteiger partial charge in [-0.05, 0) is 76.4 Å². The third kappa shape index (κ3) is 29.8. The first-order valence-corrected chi connectivity index (χ1v) is 22.9. The Morgan fingerprint density at radius 1 is 0.727 bits per heavy atom. The zero-order valence-corrected chi connectivity index (χ0v) is 36.5. The highest BCUT2D eigenvalue weighted by molar-refractivity contribution is 5.70. The minimum Gasteiger partial charge on any atom is -0.466 e. The molecule has 4 atom stereocenters. The summed E-state index contributed by atoms with van der Waals surface area (Å²) < 4.78 is 24.1. The largest absolute Gasteiger partial charge is 0.466 e. The van der Waals surface area contributed by atoms with Gasteiger partial charge in [-0.15, -0.1) is 0 Å². The van der Waals surface area contributed by atoms with Gasteiger partial charge in [0.15, 0.2) is 5.79 Å². The van der Waals surface area contributed by atoms with Crippen molar-refractivity contribution in [3.05, 3.63) is 29.8 Å². The maximum atomic E-state index is 12.4. The fourth-order valence-electron chi connectivity index (χ4n) is 7.56. The molecule has 1 fully saturated rings. The van der Waals surface area contributed by atoms with Crippen LogP contribution in [0, 0.1) is 11.8 Å². The first-order chi connectivity index (χ1) is 26.7. The first kappa shape index (κ1) is 50.9. The van der Waals surface area contributed by atoms with Crippen molar-refractivity contribution in [3.63, 3.8) is 0 Å². The van der Waals surface area contributed by atoms with Crippen molar-refractivity contribution in [1.82, 2.24) is 4.90 Å². The van der Waals surface area contributed by atoms with Gasteiger partial charge in [-0.1, -0.05) is 154 Å². The lowest BCUT2D eigenvalue weighted by Gasteiger charge is -2.29. The summed E-state index contributed by atoms with van der Waals surface area (Å²) in [6.07, 6.45) is 33.1. The number of hydrogen-bond donors (Lipinski definition) is 0. The smallest absolute Gasteiger partial charge is 0.306 e. The maximum Gasteiger partial charge on any atom is 0.306 e. The Balaban J connectivity index is 2.17. The van der Waals surface area contributed by atoms with Crippen LogP contribution in [0.5, 0.6) is 0 Å². The zero-order chi connectivity index (χ0) is 40.2. The Morgan fingerprint density at radius 2 is 1.22 bits per heavy atom.